The normalized spacial score (nSPS) is 11.4. The van der Waals surface area contributed by atoms with Crippen LogP contribution in [0.1, 0.15) is 11.1 Å². The first-order chi connectivity index (χ1) is 9.36. The predicted molar refractivity (Wildman–Crippen MR) is 92.7 cm³/mol. The van der Waals surface area contributed by atoms with Crippen molar-refractivity contribution >= 4 is 18.9 Å². The van der Waals surface area contributed by atoms with E-state index in [1.807, 2.05) is 0 Å². The summed E-state index contributed by atoms with van der Waals surface area (Å²) in [6, 6.07) is 17.8. The molecule has 106 valence electrons. The van der Waals surface area contributed by atoms with Crippen LogP contribution in [0.2, 0.25) is 19.6 Å². The zero-order chi connectivity index (χ0) is 14.8. The minimum absolute atomic E-state index is 0.954. The Morgan fingerprint density at radius 1 is 0.950 bits per heavy atom. The molecule has 20 heavy (non-hydrogen) atoms. The van der Waals surface area contributed by atoms with Crippen molar-refractivity contribution in [2.24, 2.45) is 0 Å². The minimum Gasteiger partial charge on any atom is -0.370 e. The van der Waals surface area contributed by atoms with Gasteiger partial charge in [-0.15, -0.1) is 0 Å². The maximum Gasteiger partial charge on any atom is 0.0775 e. The van der Waals surface area contributed by atoms with Crippen molar-refractivity contribution in [2.75, 3.05) is 11.9 Å². The van der Waals surface area contributed by atoms with Gasteiger partial charge in [-0.2, -0.15) is 0 Å². The first kappa shape index (κ1) is 14.9. The number of hydrogen-bond donors (Lipinski definition) is 0. The second kappa shape index (κ2) is 5.84. The number of benzene rings is 2. The molecule has 0 spiro atoms. The molecule has 0 saturated carbocycles. The fraction of sp³-hybridized carbons (Fsp3) is 0.333. The largest absolute Gasteiger partial charge is 0.370 e. The van der Waals surface area contributed by atoms with Gasteiger partial charge in [0.25, 0.3) is 0 Å². The minimum atomic E-state index is -1.18. The second-order valence-corrected chi connectivity index (χ2v) is 11.7. The highest BCUT2D eigenvalue weighted by molar-refractivity contribution is 6.88. The van der Waals surface area contributed by atoms with E-state index in [1.54, 1.807) is 0 Å². The van der Waals surface area contributed by atoms with E-state index in [1.165, 1.54) is 22.0 Å². The Labute approximate surface area is 124 Å². The lowest BCUT2D eigenvalue weighted by molar-refractivity contribution is 0.922. The van der Waals surface area contributed by atoms with E-state index in [9.17, 15) is 0 Å². The highest BCUT2D eigenvalue weighted by Crippen LogP contribution is 2.16. The Morgan fingerprint density at radius 2 is 1.60 bits per heavy atom. The molecule has 0 heterocycles. The molecule has 0 amide bonds. The Kier molecular flexibility index (Phi) is 4.34. The first-order valence-corrected chi connectivity index (χ1v) is 10.7. The van der Waals surface area contributed by atoms with Crippen LogP contribution in [-0.2, 0) is 6.54 Å². The van der Waals surface area contributed by atoms with Crippen LogP contribution >= 0.6 is 0 Å². The lowest BCUT2D eigenvalue weighted by Gasteiger charge is -2.21. The third-order valence-corrected chi connectivity index (χ3v) is 5.75. The molecule has 0 aliphatic heterocycles. The van der Waals surface area contributed by atoms with Crippen molar-refractivity contribution in [2.45, 2.75) is 33.1 Å². The van der Waals surface area contributed by atoms with Gasteiger partial charge >= 0.3 is 0 Å². The van der Waals surface area contributed by atoms with Gasteiger partial charge in [0.2, 0.25) is 0 Å². The zero-order valence-electron chi connectivity index (χ0n) is 13.3. The molecule has 1 nitrogen and oxygen atoms in total. The second-order valence-electron chi connectivity index (χ2n) is 6.64. The molecule has 0 aliphatic carbocycles. The van der Waals surface area contributed by atoms with E-state index in [0.717, 1.165) is 6.54 Å². The summed E-state index contributed by atoms with van der Waals surface area (Å²) in [6.07, 6.45) is 0. The van der Waals surface area contributed by atoms with Gasteiger partial charge < -0.3 is 4.90 Å². The average molecular weight is 283 g/mol. The van der Waals surface area contributed by atoms with Gasteiger partial charge in [-0.3, -0.25) is 0 Å². The van der Waals surface area contributed by atoms with E-state index in [2.05, 4.69) is 87.0 Å². The van der Waals surface area contributed by atoms with Crippen molar-refractivity contribution in [3.8, 4) is 0 Å². The lowest BCUT2D eigenvalue weighted by atomic mass is 10.2. The summed E-state index contributed by atoms with van der Waals surface area (Å²) >= 11 is 0. The molecule has 0 radical (unpaired) electrons. The van der Waals surface area contributed by atoms with Crippen LogP contribution in [0.5, 0.6) is 0 Å². The highest BCUT2D eigenvalue weighted by atomic mass is 28.3. The van der Waals surface area contributed by atoms with Crippen LogP contribution < -0.4 is 10.1 Å². The quantitative estimate of drug-likeness (QED) is 0.761. The Bertz CT molecular complexity index is 567. The predicted octanol–water partition coefficient (Wildman–Crippen LogP) is 4.18. The average Bonchev–Trinajstić information content (AvgIpc) is 2.38. The van der Waals surface area contributed by atoms with Gasteiger partial charge in [-0.1, -0.05) is 61.2 Å². The molecule has 2 aromatic rings. The van der Waals surface area contributed by atoms with Crippen LogP contribution in [0, 0.1) is 6.92 Å². The Balaban J connectivity index is 2.10. The third-order valence-electron chi connectivity index (χ3n) is 3.68. The summed E-state index contributed by atoms with van der Waals surface area (Å²) in [5.41, 5.74) is 3.96. The van der Waals surface area contributed by atoms with E-state index in [4.69, 9.17) is 0 Å². The number of anilines is 1. The number of nitrogens with zero attached hydrogens (tertiary/aromatic N) is 1. The fourth-order valence-electron chi connectivity index (χ4n) is 2.34. The Morgan fingerprint density at radius 3 is 2.15 bits per heavy atom. The number of rotatable bonds is 4. The summed E-state index contributed by atoms with van der Waals surface area (Å²) in [4.78, 5) is 2.30. The first-order valence-electron chi connectivity index (χ1n) is 7.23. The molecule has 0 aliphatic rings. The molecule has 0 fully saturated rings. The van der Waals surface area contributed by atoms with Crippen LogP contribution in [0.25, 0.3) is 0 Å². The smallest absolute Gasteiger partial charge is 0.0775 e. The summed E-state index contributed by atoms with van der Waals surface area (Å²) in [5, 5.41) is 1.53. The number of aryl methyl sites for hydroxylation is 1. The lowest BCUT2D eigenvalue weighted by Crippen LogP contribution is -2.37. The van der Waals surface area contributed by atoms with E-state index in [-0.39, 0.29) is 0 Å². The Hall–Kier alpha value is -1.54. The molecule has 0 N–H and O–H groups in total. The number of hydrogen-bond acceptors (Lipinski definition) is 1. The maximum absolute atomic E-state index is 2.39. The molecule has 0 bridgehead atoms. The maximum atomic E-state index is 2.39. The summed E-state index contributed by atoms with van der Waals surface area (Å²) < 4.78 is 0. The van der Waals surface area contributed by atoms with Gasteiger partial charge in [0, 0.05) is 19.3 Å². The van der Waals surface area contributed by atoms with E-state index >= 15 is 0 Å². The van der Waals surface area contributed by atoms with Crippen molar-refractivity contribution in [3.63, 3.8) is 0 Å². The van der Waals surface area contributed by atoms with Crippen LogP contribution in [0.3, 0.4) is 0 Å². The topological polar surface area (TPSA) is 3.24 Å². The molecule has 2 aromatic carbocycles. The molecule has 0 unspecified atom stereocenters. The molecule has 2 heteroatoms. The summed E-state index contributed by atoms with van der Waals surface area (Å²) in [5.74, 6) is 0. The van der Waals surface area contributed by atoms with E-state index in [0.29, 0.717) is 0 Å². The van der Waals surface area contributed by atoms with Crippen molar-refractivity contribution < 1.29 is 0 Å². The molecule has 0 aromatic heterocycles. The van der Waals surface area contributed by atoms with Crippen molar-refractivity contribution in [1.29, 1.82) is 0 Å². The molecule has 0 saturated heterocycles. The van der Waals surface area contributed by atoms with E-state index < -0.39 is 8.07 Å². The molecule has 0 atom stereocenters. The summed E-state index contributed by atoms with van der Waals surface area (Å²) in [7, 11) is 0.973. The molecule has 2 rings (SSSR count). The van der Waals surface area contributed by atoms with Crippen molar-refractivity contribution in [3.05, 3.63) is 59.7 Å². The van der Waals surface area contributed by atoms with Gasteiger partial charge in [0.15, 0.2) is 0 Å². The van der Waals surface area contributed by atoms with Gasteiger partial charge in [0.1, 0.15) is 0 Å². The van der Waals surface area contributed by atoms with Crippen LogP contribution in [-0.4, -0.2) is 15.1 Å². The standard InChI is InChI=1S/C18H25NSi/c1-15-7-6-8-17(13-15)19(2)14-16-9-11-18(12-10-16)20(3,4)5/h6-13H,14H2,1-5H3. The van der Waals surface area contributed by atoms with Gasteiger partial charge in [0.05, 0.1) is 8.07 Å². The molecular weight excluding hydrogens is 258 g/mol. The van der Waals surface area contributed by atoms with Crippen LogP contribution in [0.4, 0.5) is 5.69 Å². The van der Waals surface area contributed by atoms with Crippen LogP contribution in [0.15, 0.2) is 48.5 Å². The van der Waals surface area contributed by atoms with Gasteiger partial charge in [-0.05, 0) is 30.2 Å². The SMILES string of the molecule is Cc1cccc(N(C)Cc2ccc([Si](C)(C)C)cc2)c1. The highest BCUT2D eigenvalue weighted by Gasteiger charge is 2.15. The van der Waals surface area contributed by atoms with Crippen molar-refractivity contribution in [1.82, 2.24) is 0 Å². The molecular formula is C18H25NSi. The third kappa shape index (κ3) is 3.73. The zero-order valence-corrected chi connectivity index (χ0v) is 14.3. The monoisotopic (exact) mass is 283 g/mol. The summed E-state index contributed by atoms with van der Waals surface area (Å²) in [6.45, 7) is 10.3. The fourth-order valence-corrected chi connectivity index (χ4v) is 3.51. The van der Waals surface area contributed by atoms with Gasteiger partial charge in [-0.25, -0.2) is 0 Å².